The number of ketones is 1. The summed E-state index contributed by atoms with van der Waals surface area (Å²) >= 11 is 0. The van der Waals surface area contributed by atoms with Crippen molar-refractivity contribution in [3.63, 3.8) is 0 Å². The second-order valence-corrected chi connectivity index (χ2v) is 6.60. The third kappa shape index (κ3) is 3.55. The van der Waals surface area contributed by atoms with E-state index in [0.29, 0.717) is 48.7 Å². The van der Waals surface area contributed by atoms with Crippen LogP contribution in [0.5, 0.6) is 17.2 Å². The Morgan fingerprint density at radius 1 is 1.14 bits per heavy atom. The van der Waals surface area contributed by atoms with Gasteiger partial charge in [0.25, 0.3) is 0 Å². The number of carbonyl (C=O) groups is 1. The Labute approximate surface area is 162 Å². The van der Waals surface area contributed by atoms with Gasteiger partial charge in [0.05, 0.1) is 5.56 Å². The van der Waals surface area contributed by atoms with E-state index < -0.39 is 0 Å². The second kappa shape index (κ2) is 7.72. The van der Waals surface area contributed by atoms with Gasteiger partial charge in [-0.15, -0.1) is 10.2 Å². The lowest BCUT2D eigenvalue weighted by Gasteiger charge is -2.08. The normalized spacial score (nSPS) is 12.3. The zero-order chi connectivity index (χ0) is 19.5. The summed E-state index contributed by atoms with van der Waals surface area (Å²) in [6.45, 7) is 2.87. The number of fused-ring (bicyclic) bond motifs is 1. The number of rotatable bonds is 7. The van der Waals surface area contributed by atoms with Crippen molar-refractivity contribution >= 4 is 5.78 Å². The molecule has 0 radical (unpaired) electrons. The van der Waals surface area contributed by atoms with Crippen LogP contribution in [0.1, 0.15) is 24.7 Å². The SMILES string of the molecule is CCn1c(CCC(=O)Cc2ccc3c(c2)OCO3)nnc1-c1ccccc1O. The Morgan fingerprint density at radius 3 is 2.79 bits per heavy atom. The third-order valence-electron chi connectivity index (χ3n) is 4.75. The Hall–Kier alpha value is -3.35. The number of Topliss-reactive ketones (excluding diaryl/α,β-unsaturated/α-hetero) is 1. The van der Waals surface area contributed by atoms with Gasteiger partial charge >= 0.3 is 0 Å². The highest BCUT2D eigenvalue weighted by molar-refractivity contribution is 5.81. The van der Waals surface area contributed by atoms with E-state index in [1.807, 2.05) is 35.8 Å². The first-order valence-corrected chi connectivity index (χ1v) is 9.26. The zero-order valence-corrected chi connectivity index (χ0v) is 15.6. The summed E-state index contributed by atoms with van der Waals surface area (Å²) < 4.78 is 12.6. The van der Waals surface area contributed by atoms with Gasteiger partial charge in [0.15, 0.2) is 17.3 Å². The molecule has 2 aromatic carbocycles. The minimum Gasteiger partial charge on any atom is -0.507 e. The molecule has 7 nitrogen and oxygen atoms in total. The number of phenolic OH excluding ortho intramolecular Hbond substituents is 1. The number of carbonyl (C=O) groups excluding carboxylic acids is 1. The Kier molecular flexibility index (Phi) is 4.97. The number of para-hydroxylation sites is 1. The highest BCUT2D eigenvalue weighted by Crippen LogP contribution is 2.32. The number of aryl methyl sites for hydroxylation is 1. The standard InChI is InChI=1S/C21H21N3O4/c1-2-24-20(22-23-21(24)16-5-3-4-6-17(16)26)10-8-15(25)11-14-7-9-18-19(12-14)28-13-27-18/h3-7,9,12,26H,2,8,10-11,13H2,1H3. The molecule has 3 aromatic rings. The fraction of sp³-hybridized carbons (Fsp3) is 0.286. The average molecular weight is 379 g/mol. The van der Waals surface area contributed by atoms with E-state index in [9.17, 15) is 9.90 Å². The third-order valence-corrected chi connectivity index (χ3v) is 4.75. The van der Waals surface area contributed by atoms with Crippen LogP contribution in [0.2, 0.25) is 0 Å². The van der Waals surface area contributed by atoms with Gasteiger partial charge in [-0.05, 0) is 36.8 Å². The van der Waals surface area contributed by atoms with Crippen molar-refractivity contribution in [1.29, 1.82) is 0 Å². The van der Waals surface area contributed by atoms with Crippen LogP contribution in [0.25, 0.3) is 11.4 Å². The highest BCUT2D eigenvalue weighted by Gasteiger charge is 2.17. The van der Waals surface area contributed by atoms with Crippen molar-refractivity contribution in [2.24, 2.45) is 0 Å². The molecular weight excluding hydrogens is 358 g/mol. The Balaban J connectivity index is 1.43. The summed E-state index contributed by atoms with van der Waals surface area (Å²) in [5.41, 5.74) is 1.54. The van der Waals surface area contributed by atoms with Gasteiger partial charge in [0.2, 0.25) is 6.79 Å². The van der Waals surface area contributed by atoms with Gasteiger partial charge in [-0.3, -0.25) is 4.79 Å². The molecule has 0 saturated heterocycles. The van der Waals surface area contributed by atoms with Crippen molar-refractivity contribution in [3.05, 3.63) is 53.9 Å². The molecule has 4 rings (SSSR count). The lowest BCUT2D eigenvalue weighted by molar-refractivity contribution is -0.118. The summed E-state index contributed by atoms with van der Waals surface area (Å²) in [5, 5.41) is 18.6. The first kappa shape index (κ1) is 18.0. The van der Waals surface area contributed by atoms with Gasteiger partial charge in [-0.1, -0.05) is 18.2 Å². The van der Waals surface area contributed by atoms with E-state index in [4.69, 9.17) is 9.47 Å². The lowest BCUT2D eigenvalue weighted by atomic mass is 10.0. The number of aromatic hydroxyl groups is 1. The second-order valence-electron chi connectivity index (χ2n) is 6.60. The summed E-state index contributed by atoms with van der Waals surface area (Å²) in [6.07, 6.45) is 1.20. The van der Waals surface area contributed by atoms with Gasteiger partial charge in [0, 0.05) is 25.8 Å². The zero-order valence-electron chi connectivity index (χ0n) is 15.6. The molecule has 0 amide bonds. The number of nitrogens with zero attached hydrogens (tertiary/aromatic N) is 3. The van der Waals surface area contributed by atoms with Crippen molar-refractivity contribution in [1.82, 2.24) is 14.8 Å². The van der Waals surface area contributed by atoms with E-state index in [1.165, 1.54) is 0 Å². The van der Waals surface area contributed by atoms with Crippen LogP contribution in [0, 0.1) is 0 Å². The maximum Gasteiger partial charge on any atom is 0.231 e. The summed E-state index contributed by atoms with van der Waals surface area (Å²) in [6, 6.07) is 12.6. The smallest absolute Gasteiger partial charge is 0.231 e. The first-order chi connectivity index (χ1) is 13.7. The van der Waals surface area contributed by atoms with Gasteiger partial charge in [-0.2, -0.15) is 0 Å². The molecule has 1 N–H and O–H groups in total. The summed E-state index contributed by atoms with van der Waals surface area (Å²) in [7, 11) is 0. The number of aromatic nitrogens is 3. The molecule has 0 atom stereocenters. The van der Waals surface area contributed by atoms with Crippen LogP contribution in [0.4, 0.5) is 0 Å². The van der Waals surface area contributed by atoms with E-state index in [1.54, 1.807) is 18.2 Å². The van der Waals surface area contributed by atoms with Crippen LogP contribution in [-0.4, -0.2) is 32.4 Å². The molecule has 0 fully saturated rings. The fourth-order valence-corrected chi connectivity index (χ4v) is 3.33. The molecule has 0 saturated carbocycles. The number of phenols is 1. The van der Waals surface area contributed by atoms with Crippen LogP contribution >= 0.6 is 0 Å². The molecule has 1 aliphatic rings. The van der Waals surface area contributed by atoms with Crippen LogP contribution in [0.15, 0.2) is 42.5 Å². The minimum atomic E-state index is 0.119. The quantitative estimate of drug-likeness (QED) is 0.679. The highest BCUT2D eigenvalue weighted by atomic mass is 16.7. The predicted molar refractivity (Wildman–Crippen MR) is 102 cm³/mol. The molecule has 0 aliphatic carbocycles. The van der Waals surface area contributed by atoms with Crippen molar-refractivity contribution in [2.75, 3.05) is 6.79 Å². The largest absolute Gasteiger partial charge is 0.507 e. The maximum absolute atomic E-state index is 12.4. The van der Waals surface area contributed by atoms with Crippen LogP contribution in [0.3, 0.4) is 0 Å². The van der Waals surface area contributed by atoms with Crippen molar-refractivity contribution in [3.8, 4) is 28.6 Å². The monoisotopic (exact) mass is 379 g/mol. The number of ether oxygens (including phenoxy) is 2. The molecule has 1 aromatic heterocycles. The summed E-state index contributed by atoms with van der Waals surface area (Å²) in [5.74, 6) is 3.02. The molecule has 7 heteroatoms. The van der Waals surface area contributed by atoms with Gasteiger partial charge in [-0.25, -0.2) is 0 Å². The number of hydrogen-bond acceptors (Lipinski definition) is 6. The lowest BCUT2D eigenvalue weighted by Crippen LogP contribution is -2.09. The van der Waals surface area contributed by atoms with Gasteiger partial charge in [0.1, 0.15) is 17.4 Å². The van der Waals surface area contributed by atoms with E-state index in [-0.39, 0.29) is 18.3 Å². The fourth-order valence-electron chi connectivity index (χ4n) is 3.33. The molecular formula is C21H21N3O4. The summed E-state index contributed by atoms with van der Waals surface area (Å²) in [4.78, 5) is 12.4. The van der Waals surface area contributed by atoms with Crippen molar-refractivity contribution < 1.29 is 19.4 Å². The van der Waals surface area contributed by atoms with Crippen LogP contribution in [-0.2, 0) is 24.2 Å². The van der Waals surface area contributed by atoms with E-state index >= 15 is 0 Å². The van der Waals surface area contributed by atoms with Crippen molar-refractivity contribution in [2.45, 2.75) is 32.7 Å². The minimum absolute atomic E-state index is 0.119. The van der Waals surface area contributed by atoms with Crippen LogP contribution < -0.4 is 9.47 Å². The molecule has 0 unspecified atom stereocenters. The number of hydrogen-bond donors (Lipinski definition) is 1. The van der Waals surface area contributed by atoms with E-state index in [0.717, 1.165) is 11.4 Å². The number of benzene rings is 2. The molecule has 1 aliphatic heterocycles. The Bertz CT molecular complexity index is 1010. The van der Waals surface area contributed by atoms with E-state index in [2.05, 4.69) is 10.2 Å². The molecule has 28 heavy (non-hydrogen) atoms. The first-order valence-electron chi connectivity index (χ1n) is 9.26. The predicted octanol–water partition coefficient (Wildman–Crippen LogP) is 3.14. The maximum atomic E-state index is 12.4. The molecule has 0 spiro atoms. The Morgan fingerprint density at radius 2 is 1.96 bits per heavy atom. The molecule has 2 heterocycles. The molecule has 0 bridgehead atoms. The van der Waals surface area contributed by atoms with Gasteiger partial charge < -0.3 is 19.1 Å². The average Bonchev–Trinajstić information content (AvgIpc) is 3.32. The topological polar surface area (TPSA) is 86.5 Å². The molecule has 144 valence electrons.